The van der Waals surface area contributed by atoms with Crippen LogP contribution >= 0.6 is 11.8 Å². The number of nitrogens with one attached hydrogen (secondary N) is 1. The predicted molar refractivity (Wildman–Crippen MR) is 98.2 cm³/mol. The van der Waals surface area contributed by atoms with E-state index in [0.717, 1.165) is 4.90 Å². The molecule has 0 atom stereocenters. The molecule has 5 nitrogen and oxygen atoms in total. The summed E-state index contributed by atoms with van der Waals surface area (Å²) in [5.41, 5.74) is 0.771. The fourth-order valence-electron chi connectivity index (χ4n) is 2.26. The summed E-state index contributed by atoms with van der Waals surface area (Å²) in [4.78, 5) is 24.9. The molecule has 0 aromatic heterocycles. The monoisotopic (exact) mass is 377 g/mol. The highest BCUT2D eigenvalue weighted by Crippen LogP contribution is 2.25. The summed E-state index contributed by atoms with van der Waals surface area (Å²) in [6, 6.07) is 11.5. The van der Waals surface area contributed by atoms with Crippen LogP contribution in [0.5, 0.6) is 5.75 Å². The van der Waals surface area contributed by atoms with Crippen molar-refractivity contribution in [1.82, 2.24) is 5.32 Å². The molecule has 7 heteroatoms. The van der Waals surface area contributed by atoms with Crippen molar-refractivity contribution < 1.29 is 23.5 Å². The van der Waals surface area contributed by atoms with Gasteiger partial charge in [-0.25, -0.2) is 9.18 Å². The molecule has 0 aliphatic carbocycles. The van der Waals surface area contributed by atoms with E-state index in [-0.39, 0.29) is 17.9 Å². The zero-order chi connectivity index (χ0) is 18.9. The van der Waals surface area contributed by atoms with E-state index in [1.807, 2.05) is 6.26 Å². The quantitative estimate of drug-likeness (QED) is 0.566. The van der Waals surface area contributed by atoms with Crippen molar-refractivity contribution in [2.45, 2.75) is 11.3 Å². The Morgan fingerprint density at radius 1 is 1.19 bits per heavy atom. The molecule has 26 heavy (non-hydrogen) atoms. The lowest BCUT2D eigenvalue weighted by atomic mass is 10.1. The molecule has 0 spiro atoms. The van der Waals surface area contributed by atoms with Gasteiger partial charge in [-0.15, -0.1) is 11.8 Å². The van der Waals surface area contributed by atoms with Gasteiger partial charge in [-0.3, -0.25) is 4.79 Å². The summed E-state index contributed by atoms with van der Waals surface area (Å²) in [6.07, 6.45) is 2.27. The van der Waals surface area contributed by atoms with Crippen molar-refractivity contribution in [3.05, 3.63) is 59.4 Å². The summed E-state index contributed by atoms with van der Waals surface area (Å²) in [7, 11) is 1.46. The lowest BCUT2D eigenvalue weighted by Crippen LogP contribution is -2.30. The smallest absolute Gasteiger partial charge is 0.342 e. The Balaban J connectivity index is 1.81. The molecule has 2 aromatic rings. The van der Waals surface area contributed by atoms with Crippen molar-refractivity contribution in [3.8, 4) is 5.75 Å². The van der Waals surface area contributed by atoms with Crippen LogP contribution in [0.3, 0.4) is 0 Å². The van der Waals surface area contributed by atoms with Crippen molar-refractivity contribution in [3.63, 3.8) is 0 Å². The first-order valence-electron chi connectivity index (χ1n) is 7.94. The van der Waals surface area contributed by atoms with E-state index in [2.05, 4.69) is 5.32 Å². The molecule has 0 saturated heterocycles. The van der Waals surface area contributed by atoms with E-state index in [1.54, 1.807) is 36.4 Å². The number of halogens is 1. The van der Waals surface area contributed by atoms with E-state index in [4.69, 9.17) is 9.47 Å². The Labute approximate surface area is 155 Å². The molecule has 2 rings (SSSR count). The molecule has 0 radical (unpaired) electrons. The van der Waals surface area contributed by atoms with Gasteiger partial charge in [-0.1, -0.05) is 18.2 Å². The second kappa shape index (κ2) is 9.82. The predicted octanol–water partition coefficient (Wildman–Crippen LogP) is 3.07. The number of benzene rings is 2. The number of ether oxygens (including phenoxy) is 2. The maximum atomic E-state index is 13.5. The number of hydrogen-bond acceptors (Lipinski definition) is 5. The Kier molecular flexibility index (Phi) is 7.47. The third-order valence-electron chi connectivity index (χ3n) is 3.64. The lowest BCUT2D eigenvalue weighted by molar-refractivity contribution is -0.124. The number of esters is 1. The zero-order valence-electron chi connectivity index (χ0n) is 14.6. The van der Waals surface area contributed by atoms with Gasteiger partial charge in [0, 0.05) is 11.4 Å². The number of hydrogen-bond donors (Lipinski definition) is 1. The Hall–Kier alpha value is -2.54. The van der Waals surface area contributed by atoms with Crippen LogP contribution in [0.25, 0.3) is 0 Å². The van der Waals surface area contributed by atoms with Crippen LogP contribution in [0, 0.1) is 5.82 Å². The third-order valence-corrected chi connectivity index (χ3v) is 4.36. The Bertz CT molecular complexity index is 782. The van der Waals surface area contributed by atoms with Crippen LogP contribution in [0.15, 0.2) is 47.4 Å². The van der Waals surface area contributed by atoms with Gasteiger partial charge in [0.2, 0.25) is 0 Å². The average Bonchev–Trinajstić information content (AvgIpc) is 2.67. The summed E-state index contributed by atoms with van der Waals surface area (Å²) >= 11 is 1.52. The topological polar surface area (TPSA) is 64.6 Å². The van der Waals surface area contributed by atoms with Gasteiger partial charge < -0.3 is 14.8 Å². The van der Waals surface area contributed by atoms with Crippen molar-refractivity contribution in [1.29, 1.82) is 0 Å². The van der Waals surface area contributed by atoms with Gasteiger partial charge in [0.05, 0.1) is 7.11 Å². The lowest BCUT2D eigenvalue weighted by Gasteiger charge is -2.10. The fourth-order valence-corrected chi connectivity index (χ4v) is 2.69. The fraction of sp³-hybridized carbons (Fsp3) is 0.263. The average molecular weight is 377 g/mol. The zero-order valence-corrected chi connectivity index (χ0v) is 15.4. The van der Waals surface area contributed by atoms with E-state index in [1.165, 1.54) is 24.9 Å². The van der Waals surface area contributed by atoms with Gasteiger partial charge in [0.15, 0.2) is 6.61 Å². The normalized spacial score (nSPS) is 10.3. The Morgan fingerprint density at radius 2 is 1.96 bits per heavy atom. The summed E-state index contributed by atoms with van der Waals surface area (Å²) in [6.45, 7) is -0.160. The van der Waals surface area contributed by atoms with Gasteiger partial charge in [-0.05, 0) is 42.5 Å². The first-order valence-corrected chi connectivity index (χ1v) is 9.17. The maximum Gasteiger partial charge on any atom is 0.342 e. The molecule has 0 unspecified atom stereocenters. The minimum atomic E-state index is -0.640. The molecule has 138 valence electrons. The van der Waals surface area contributed by atoms with Gasteiger partial charge >= 0.3 is 5.97 Å². The number of carbonyl (C=O) groups excluding carboxylic acids is 2. The molecule has 0 aliphatic heterocycles. The summed E-state index contributed by atoms with van der Waals surface area (Å²) in [5, 5.41) is 2.59. The first kappa shape index (κ1) is 19.8. The minimum Gasteiger partial charge on any atom is -0.496 e. The second-order valence-electron chi connectivity index (χ2n) is 5.33. The maximum absolute atomic E-state index is 13.5. The molecule has 0 fully saturated rings. The van der Waals surface area contributed by atoms with Crippen LogP contribution < -0.4 is 10.1 Å². The molecule has 0 saturated carbocycles. The molecule has 0 bridgehead atoms. The second-order valence-corrected chi connectivity index (χ2v) is 6.21. The van der Waals surface area contributed by atoms with E-state index < -0.39 is 18.5 Å². The molecule has 2 aromatic carbocycles. The minimum absolute atomic E-state index is 0.253. The van der Waals surface area contributed by atoms with E-state index in [0.29, 0.717) is 17.7 Å². The van der Waals surface area contributed by atoms with Gasteiger partial charge in [0.1, 0.15) is 17.1 Å². The van der Waals surface area contributed by atoms with Gasteiger partial charge in [-0.2, -0.15) is 0 Å². The Morgan fingerprint density at radius 3 is 2.65 bits per heavy atom. The highest BCUT2D eigenvalue weighted by molar-refractivity contribution is 7.98. The molecule has 0 aliphatic rings. The van der Waals surface area contributed by atoms with Crippen molar-refractivity contribution in [2.24, 2.45) is 0 Å². The van der Waals surface area contributed by atoms with Crippen LogP contribution in [-0.2, 0) is 16.0 Å². The number of amides is 1. The van der Waals surface area contributed by atoms with Crippen LogP contribution in [0.2, 0.25) is 0 Å². The van der Waals surface area contributed by atoms with E-state index in [9.17, 15) is 14.0 Å². The molecule has 0 heterocycles. The molecular weight excluding hydrogens is 357 g/mol. The number of thioether (sulfide) groups is 1. The van der Waals surface area contributed by atoms with E-state index >= 15 is 0 Å². The van der Waals surface area contributed by atoms with Gasteiger partial charge in [0.25, 0.3) is 5.91 Å². The van der Waals surface area contributed by atoms with Crippen molar-refractivity contribution in [2.75, 3.05) is 26.5 Å². The third kappa shape index (κ3) is 5.49. The molecular formula is C19H20FNO4S. The highest BCUT2D eigenvalue weighted by Gasteiger charge is 2.16. The summed E-state index contributed by atoms with van der Waals surface area (Å²) in [5.74, 6) is -1.01. The first-order chi connectivity index (χ1) is 12.5. The SMILES string of the molecule is COc1cc(SC)ccc1C(=O)OCC(=O)NCCc1ccccc1F. The van der Waals surface area contributed by atoms with Crippen molar-refractivity contribution >= 4 is 23.6 Å². The summed E-state index contributed by atoms with van der Waals surface area (Å²) < 4.78 is 23.7. The largest absolute Gasteiger partial charge is 0.496 e. The standard InChI is InChI=1S/C19H20FNO4S/c1-24-17-11-14(26-2)7-8-15(17)19(23)25-12-18(22)21-10-9-13-5-3-4-6-16(13)20/h3-8,11H,9-10,12H2,1-2H3,(H,21,22). The number of methoxy groups -OCH3 is 1. The number of rotatable bonds is 8. The molecule has 1 N–H and O–H groups in total. The molecule has 1 amide bonds. The van der Waals surface area contributed by atoms with Crippen LogP contribution in [0.4, 0.5) is 4.39 Å². The highest BCUT2D eigenvalue weighted by atomic mass is 32.2. The van der Waals surface area contributed by atoms with Crippen LogP contribution in [-0.4, -0.2) is 38.4 Å². The van der Waals surface area contributed by atoms with Crippen LogP contribution in [0.1, 0.15) is 15.9 Å². The number of carbonyl (C=O) groups is 2.